The molecular weight excluding hydrogens is 460 g/mol. The number of fused-ring (bicyclic) bond motifs is 1. The number of nitrogens with two attached hydrogens (primary N) is 1. The fourth-order valence-electron chi connectivity index (χ4n) is 5.81. The Bertz CT molecular complexity index is 941. The first-order valence-corrected chi connectivity index (χ1v) is 13.1. The van der Waals surface area contributed by atoms with Crippen LogP contribution < -0.4 is 16.4 Å². The molecule has 2 saturated carbocycles. The molecule has 0 aromatic carbocycles. The monoisotopic (exact) mass is 504 g/mol. The van der Waals surface area contributed by atoms with E-state index >= 15 is 0 Å². The Kier molecular flexibility index (Phi) is 7.38. The third-order valence-electron chi connectivity index (χ3n) is 8.07. The van der Waals surface area contributed by atoms with E-state index in [1.54, 1.807) is 4.90 Å². The number of rotatable bonds is 9. The predicted molar refractivity (Wildman–Crippen MR) is 136 cm³/mol. The molecule has 3 fully saturated rings. The molecule has 0 aromatic rings. The molecule has 2 aliphatic carbocycles. The molecule has 5 atom stereocenters. The summed E-state index contributed by atoms with van der Waals surface area (Å²) in [6.45, 7) is 15.8. The summed E-state index contributed by atoms with van der Waals surface area (Å²) in [4.78, 5) is 66.0. The Balaban J connectivity index is 1.83. The quantitative estimate of drug-likeness (QED) is 0.414. The SMILES string of the molecule is CC(C)(C)NC(=O)NC(C(=O)N1CC2[C@@H]([C@H]1C(=O)CC(CC1CC1)C(=O)C(N)=O)C2(C)C)C(C)(C)C. The van der Waals surface area contributed by atoms with E-state index in [2.05, 4.69) is 24.5 Å². The van der Waals surface area contributed by atoms with Gasteiger partial charge in [0, 0.05) is 24.4 Å². The average molecular weight is 505 g/mol. The zero-order chi connectivity index (χ0) is 27.4. The Labute approximate surface area is 214 Å². The molecule has 36 heavy (non-hydrogen) atoms. The van der Waals surface area contributed by atoms with Crippen molar-refractivity contribution in [2.75, 3.05) is 6.54 Å². The second kappa shape index (κ2) is 9.45. The van der Waals surface area contributed by atoms with E-state index in [0.717, 1.165) is 12.8 Å². The maximum atomic E-state index is 13.9. The number of nitrogens with zero attached hydrogens (tertiary/aromatic N) is 1. The summed E-state index contributed by atoms with van der Waals surface area (Å²) < 4.78 is 0. The minimum absolute atomic E-state index is 0.0109. The fraction of sp³-hybridized carbons (Fsp3) is 0.815. The van der Waals surface area contributed by atoms with Crippen LogP contribution in [0, 0.1) is 34.5 Å². The fourth-order valence-corrected chi connectivity index (χ4v) is 5.81. The van der Waals surface area contributed by atoms with Crippen LogP contribution in [0.15, 0.2) is 0 Å². The number of primary amides is 1. The number of nitrogens with one attached hydrogen (secondary N) is 2. The topological polar surface area (TPSA) is 139 Å². The van der Waals surface area contributed by atoms with Crippen LogP contribution in [-0.2, 0) is 19.2 Å². The van der Waals surface area contributed by atoms with Crippen LogP contribution in [0.2, 0.25) is 0 Å². The Hall–Kier alpha value is -2.45. The number of carbonyl (C=O) groups excluding carboxylic acids is 5. The first-order chi connectivity index (χ1) is 16.3. The first kappa shape index (κ1) is 28.1. The van der Waals surface area contributed by atoms with Gasteiger partial charge in [-0.05, 0) is 55.8 Å². The van der Waals surface area contributed by atoms with Crippen LogP contribution in [-0.4, -0.2) is 58.5 Å². The number of ketones is 2. The lowest BCUT2D eigenvalue weighted by molar-refractivity contribution is -0.144. The number of amides is 4. The van der Waals surface area contributed by atoms with Crippen LogP contribution >= 0.6 is 0 Å². The van der Waals surface area contributed by atoms with E-state index in [1.165, 1.54) is 0 Å². The van der Waals surface area contributed by atoms with Gasteiger partial charge in [0.2, 0.25) is 11.7 Å². The molecule has 9 heteroatoms. The van der Waals surface area contributed by atoms with Gasteiger partial charge in [0.25, 0.3) is 5.91 Å². The van der Waals surface area contributed by atoms with Gasteiger partial charge in [0.05, 0.1) is 6.04 Å². The van der Waals surface area contributed by atoms with E-state index in [9.17, 15) is 24.0 Å². The van der Waals surface area contributed by atoms with Gasteiger partial charge in [0.15, 0.2) is 5.78 Å². The highest BCUT2D eigenvalue weighted by Gasteiger charge is 2.69. The molecule has 0 radical (unpaired) electrons. The molecule has 1 saturated heterocycles. The molecule has 4 amide bonds. The Morgan fingerprint density at radius 2 is 1.61 bits per heavy atom. The maximum absolute atomic E-state index is 13.9. The van der Waals surface area contributed by atoms with Gasteiger partial charge in [-0.2, -0.15) is 0 Å². The average Bonchev–Trinajstić information content (AvgIpc) is 3.55. The zero-order valence-corrected chi connectivity index (χ0v) is 23.1. The van der Waals surface area contributed by atoms with Crippen molar-refractivity contribution in [3.63, 3.8) is 0 Å². The molecule has 3 aliphatic rings. The summed E-state index contributed by atoms with van der Waals surface area (Å²) in [6, 6.07) is -1.97. The smallest absolute Gasteiger partial charge is 0.315 e. The predicted octanol–water partition coefficient (Wildman–Crippen LogP) is 2.41. The summed E-state index contributed by atoms with van der Waals surface area (Å²) in [5, 5.41) is 5.68. The van der Waals surface area contributed by atoms with Gasteiger partial charge >= 0.3 is 6.03 Å². The molecular formula is C27H44N4O5. The molecule has 1 heterocycles. The van der Waals surface area contributed by atoms with Crippen molar-refractivity contribution in [1.82, 2.24) is 15.5 Å². The van der Waals surface area contributed by atoms with Gasteiger partial charge in [-0.3, -0.25) is 19.2 Å². The number of carbonyl (C=O) groups is 5. The number of likely N-dealkylation sites (tertiary alicyclic amines) is 1. The number of piperidine rings is 1. The normalized spacial score (nSPS) is 26.4. The van der Waals surface area contributed by atoms with Crippen molar-refractivity contribution in [1.29, 1.82) is 0 Å². The van der Waals surface area contributed by atoms with E-state index < -0.39 is 46.7 Å². The number of hydrogen-bond donors (Lipinski definition) is 3. The highest BCUT2D eigenvalue weighted by molar-refractivity contribution is 6.36. The lowest BCUT2D eigenvalue weighted by Gasteiger charge is -2.38. The summed E-state index contributed by atoms with van der Waals surface area (Å²) >= 11 is 0. The minimum atomic E-state index is -1.01. The van der Waals surface area contributed by atoms with Gasteiger partial charge in [-0.15, -0.1) is 0 Å². The van der Waals surface area contributed by atoms with Crippen molar-refractivity contribution in [2.24, 2.45) is 40.2 Å². The lowest BCUT2D eigenvalue weighted by atomic mass is 9.84. The molecule has 3 unspecified atom stereocenters. The summed E-state index contributed by atoms with van der Waals surface area (Å²) in [6.07, 6.45) is 2.35. The molecule has 0 bridgehead atoms. The van der Waals surface area contributed by atoms with E-state index in [-0.39, 0.29) is 35.4 Å². The third kappa shape index (κ3) is 6.09. The molecule has 0 aromatic heterocycles. The van der Waals surface area contributed by atoms with Crippen molar-refractivity contribution in [2.45, 2.75) is 98.7 Å². The van der Waals surface area contributed by atoms with Gasteiger partial charge in [-0.25, -0.2) is 4.79 Å². The van der Waals surface area contributed by atoms with Crippen LogP contribution in [0.1, 0.15) is 81.1 Å². The molecule has 202 valence electrons. The summed E-state index contributed by atoms with van der Waals surface area (Å²) in [5.74, 6) is -2.45. The number of Topliss-reactive ketones (excluding diaryl/α,β-unsaturated/α-hetero) is 2. The van der Waals surface area contributed by atoms with Crippen LogP contribution in [0.4, 0.5) is 4.79 Å². The standard InChI is InChI=1S/C27H44N4O5/c1-25(2,3)21(29-24(36)30-26(4,5)6)23(35)31-13-16-18(27(16,7)8)19(31)17(32)12-15(11-14-9-10-14)20(33)22(28)34/h14-16,18-19,21H,9-13H2,1-8H3,(H2,28,34)(H2,29,30,36)/t15?,16?,18-,19+,21?/m0/s1. The highest BCUT2D eigenvalue weighted by atomic mass is 16.2. The van der Waals surface area contributed by atoms with E-state index in [4.69, 9.17) is 5.73 Å². The highest BCUT2D eigenvalue weighted by Crippen LogP contribution is 2.65. The van der Waals surface area contributed by atoms with E-state index in [0.29, 0.717) is 18.9 Å². The maximum Gasteiger partial charge on any atom is 0.315 e. The summed E-state index contributed by atoms with van der Waals surface area (Å²) in [5.41, 5.74) is 4.12. The van der Waals surface area contributed by atoms with E-state index in [1.807, 2.05) is 41.5 Å². The first-order valence-electron chi connectivity index (χ1n) is 13.1. The third-order valence-corrected chi connectivity index (χ3v) is 8.07. The second-order valence-electron chi connectivity index (χ2n) is 13.8. The number of hydrogen-bond acceptors (Lipinski definition) is 5. The molecule has 3 rings (SSSR count). The van der Waals surface area contributed by atoms with Gasteiger partial charge < -0.3 is 21.3 Å². The largest absolute Gasteiger partial charge is 0.363 e. The molecule has 9 nitrogen and oxygen atoms in total. The minimum Gasteiger partial charge on any atom is -0.363 e. The van der Waals surface area contributed by atoms with Crippen molar-refractivity contribution in [3.05, 3.63) is 0 Å². The van der Waals surface area contributed by atoms with Crippen molar-refractivity contribution < 1.29 is 24.0 Å². The van der Waals surface area contributed by atoms with Crippen LogP contribution in [0.3, 0.4) is 0 Å². The summed E-state index contributed by atoms with van der Waals surface area (Å²) in [7, 11) is 0. The van der Waals surface area contributed by atoms with Crippen molar-refractivity contribution >= 4 is 29.4 Å². The lowest BCUT2D eigenvalue weighted by Crippen LogP contribution is -2.60. The van der Waals surface area contributed by atoms with Crippen LogP contribution in [0.5, 0.6) is 0 Å². The number of urea groups is 1. The van der Waals surface area contributed by atoms with Crippen molar-refractivity contribution in [3.8, 4) is 0 Å². The molecule has 1 aliphatic heterocycles. The molecule has 4 N–H and O–H groups in total. The van der Waals surface area contributed by atoms with Crippen LogP contribution in [0.25, 0.3) is 0 Å². The van der Waals surface area contributed by atoms with Gasteiger partial charge in [-0.1, -0.05) is 47.5 Å². The van der Waals surface area contributed by atoms with Gasteiger partial charge in [0.1, 0.15) is 6.04 Å². The second-order valence-corrected chi connectivity index (χ2v) is 13.8. The molecule has 0 spiro atoms. The zero-order valence-electron chi connectivity index (χ0n) is 23.1. The Morgan fingerprint density at radius 1 is 1.03 bits per heavy atom. The Morgan fingerprint density at radius 3 is 2.08 bits per heavy atom.